The van der Waals surface area contributed by atoms with Gasteiger partial charge >= 0.3 is 0 Å². The van der Waals surface area contributed by atoms with Crippen molar-refractivity contribution >= 4 is 21.8 Å². The SMILES string of the molecule is Cc1cccc(-c2ccccc2-c2ccc3c4ccccc4n(-c4ccccc4)c3c2)c1. The maximum Gasteiger partial charge on any atom is 0.0547 e. The van der Waals surface area contributed by atoms with E-state index in [0.29, 0.717) is 0 Å². The van der Waals surface area contributed by atoms with Gasteiger partial charge in [-0.2, -0.15) is 0 Å². The van der Waals surface area contributed by atoms with Crippen LogP contribution in [0.3, 0.4) is 0 Å². The molecule has 0 amide bonds. The summed E-state index contributed by atoms with van der Waals surface area (Å²) in [6, 6.07) is 43.7. The molecule has 0 N–H and O–H groups in total. The summed E-state index contributed by atoms with van der Waals surface area (Å²) in [7, 11) is 0. The van der Waals surface area contributed by atoms with Crippen LogP contribution < -0.4 is 0 Å². The molecule has 0 radical (unpaired) electrons. The molecule has 0 spiro atoms. The molecule has 0 aliphatic rings. The number of benzene rings is 5. The molecule has 0 aliphatic carbocycles. The second kappa shape index (κ2) is 7.55. The Morgan fingerprint density at radius 3 is 1.91 bits per heavy atom. The summed E-state index contributed by atoms with van der Waals surface area (Å²) < 4.78 is 2.38. The van der Waals surface area contributed by atoms with Gasteiger partial charge in [-0.05, 0) is 53.4 Å². The minimum Gasteiger partial charge on any atom is -0.309 e. The van der Waals surface area contributed by atoms with Crippen LogP contribution in [0.15, 0.2) is 121 Å². The van der Waals surface area contributed by atoms with Crippen molar-refractivity contribution in [3.05, 3.63) is 127 Å². The van der Waals surface area contributed by atoms with Crippen LogP contribution in [0.5, 0.6) is 0 Å². The van der Waals surface area contributed by atoms with Crippen molar-refractivity contribution in [2.24, 2.45) is 0 Å². The molecule has 1 nitrogen and oxygen atoms in total. The molecule has 152 valence electrons. The molecule has 6 aromatic rings. The number of hydrogen-bond donors (Lipinski definition) is 0. The Morgan fingerprint density at radius 1 is 0.469 bits per heavy atom. The standard InChI is InChI=1S/C31H23N/c1-22-10-9-11-23(20-22)26-14-5-6-15-27(26)24-18-19-29-28-16-7-8-17-30(28)32(31(29)21-24)25-12-3-2-4-13-25/h2-21H,1H3. The summed E-state index contributed by atoms with van der Waals surface area (Å²) >= 11 is 0. The molecule has 0 atom stereocenters. The highest BCUT2D eigenvalue weighted by Crippen LogP contribution is 2.37. The number of aryl methyl sites for hydroxylation is 1. The van der Waals surface area contributed by atoms with Crippen molar-refractivity contribution in [1.82, 2.24) is 4.57 Å². The first-order valence-electron chi connectivity index (χ1n) is 11.0. The first-order valence-corrected chi connectivity index (χ1v) is 11.0. The Bertz CT molecular complexity index is 1570. The Balaban J connectivity index is 1.64. The van der Waals surface area contributed by atoms with E-state index in [0.717, 1.165) is 0 Å². The van der Waals surface area contributed by atoms with Crippen molar-refractivity contribution in [3.8, 4) is 27.9 Å². The van der Waals surface area contributed by atoms with Gasteiger partial charge in [0.2, 0.25) is 0 Å². The highest BCUT2D eigenvalue weighted by atomic mass is 15.0. The monoisotopic (exact) mass is 409 g/mol. The van der Waals surface area contributed by atoms with E-state index in [1.807, 2.05) is 0 Å². The maximum absolute atomic E-state index is 2.38. The van der Waals surface area contributed by atoms with Crippen molar-refractivity contribution < 1.29 is 0 Å². The average molecular weight is 410 g/mol. The summed E-state index contributed by atoms with van der Waals surface area (Å²) in [5, 5.41) is 2.56. The van der Waals surface area contributed by atoms with Crippen LogP contribution in [0.2, 0.25) is 0 Å². The second-order valence-corrected chi connectivity index (χ2v) is 8.34. The van der Waals surface area contributed by atoms with Crippen molar-refractivity contribution in [3.63, 3.8) is 0 Å². The second-order valence-electron chi connectivity index (χ2n) is 8.34. The van der Waals surface area contributed by atoms with E-state index in [1.165, 1.54) is 55.3 Å². The lowest BCUT2D eigenvalue weighted by molar-refractivity contribution is 1.18. The highest BCUT2D eigenvalue weighted by Gasteiger charge is 2.14. The normalized spacial score (nSPS) is 11.3. The smallest absolute Gasteiger partial charge is 0.0547 e. The van der Waals surface area contributed by atoms with Crippen LogP contribution >= 0.6 is 0 Å². The van der Waals surface area contributed by atoms with Crippen molar-refractivity contribution in [2.45, 2.75) is 6.92 Å². The fourth-order valence-corrected chi connectivity index (χ4v) is 4.79. The number of fused-ring (bicyclic) bond motifs is 3. The van der Waals surface area contributed by atoms with E-state index >= 15 is 0 Å². The molecule has 6 rings (SSSR count). The Hall–Kier alpha value is -4.10. The number of hydrogen-bond acceptors (Lipinski definition) is 0. The summed E-state index contributed by atoms with van der Waals surface area (Å²) in [6.45, 7) is 2.15. The molecule has 0 saturated carbocycles. The van der Waals surface area contributed by atoms with Gasteiger partial charge in [0.15, 0.2) is 0 Å². The molecule has 5 aromatic carbocycles. The molecule has 32 heavy (non-hydrogen) atoms. The van der Waals surface area contributed by atoms with Crippen molar-refractivity contribution in [2.75, 3.05) is 0 Å². The molecule has 1 heteroatoms. The number of para-hydroxylation sites is 2. The topological polar surface area (TPSA) is 4.93 Å². The van der Waals surface area contributed by atoms with Crippen LogP contribution in [0, 0.1) is 6.92 Å². The zero-order chi connectivity index (χ0) is 21.5. The quantitative estimate of drug-likeness (QED) is 0.276. The van der Waals surface area contributed by atoms with Crippen LogP contribution in [-0.4, -0.2) is 4.57 Å². The molecule has 0 saturated heterocycles. The zero-order valence-corrected chi connectivity index (χ0v) is 18.0. The lowest BCUT2D eigenvalue weighted by Crippen LogP contribution is -1.93. The molecule has 1 heterocycles. The van der Waals surface area contributed by atoms with Gasteiger partial charge in [0, 0.05) is 16.5 Å². The van der Waals surface area contributed by atoms with Crippen LogP contribution in [0.1, 0.15) is 5.56 Å². The number of rotatable bonds is 3. The zero-order valence-electron chi connectivity index (χ0n) is 18.0. The number of nitrogens with zero attached hydrogens (tertiary/aromatic N) is 1. The van der Waals surface area contributed by atoms with E-state index in [1.54, 1.807) is 0 Å². The third-order valence-corrected chi connectivity index (χ3v) is 6.26. The molecule has 0 fully saturated rings. The third-order valence-electron chi connectivity index (χ3n) is 6.26. The predicted octanol–water partition coefficient (Wildman–Crippen LogP) is 8.43. The molecule has 1 aromatic heterocycles. The van der Waals surface area contributed by atoms with Gasteiger partial charge in [0.05, 0.1) is 11.0 Å². The third kappa shape index (κ3) is 3.02. The maximum atomic E-state index is 2.38. The lowest BCUT2D eigenvalue weighted by Gasteiger charge is -2.12. The van der Waals surface area contributed by atoms with Gasteiger partial charge in [-0.25, -0.2) is 0 Å². The molecule has 0 aliphatic heterocycles. The van der Waals surface area contributed by atoms with Gasteiger partial charge < -0.3 is 4.57 Å². The Labute approximate surface area is 188 Å². The largest absolute Gasteiger partial charge is 0.309 e. The highest BCUT2D eigenvalue weighted by molar-refractivity contribution is 6.10. The van der Waals surface area contributed by atoms with E-state index in [-0.39, 0.29) is 0 Å². The summed E-state index contributed by atoms with van der Waals surface area (Å²) in [5.41, 5.74) is 9.92. The fraction of sp³-hybridized carbons (Fsp3) is 0.0323. The van der Waals surface area contributed by atoms with Gasteiger partial charge in [-0.15, -0.1) is 0 Å². The van der Waals surface area contributed by atoms with Gasteiger partial charge in [0.1, 0.15) is 0 Å². The molecule has 0 unspecified atom stereocenters. The predicted molar refractivity (Wildman–Crippen MR) is 136 cm³/mol. The average Bonchev–Trinajstić information content (AvgIpc) is 3.18. The Kier molecular flexibility index (Phi) is 4.40. The molecular formula is C31H23N. The minimum atomic E-state index is 1.18. The van der Waals surface area contributed by atoms with Gasteiger partial charge in [-0.1, -0.05) is 103 Å². The van der Waals surface area contributed by atoms with E-state index < -0.39 is 0 Å². The molecule has 0 bridgehead atoms. The first kappa shape index (κ1) is 18.7. The Morgan fingerprint density at radius 2 is 1.12 bits per heavy atom. The summed E-state index contributed by atoms with van der Waals surface area (Å²) in [4.78, 5) is 0. The van der Waals surface area contributed by atoms with Crippen LogP contribution in [0.25, 0.3) is 49.7 Å². The van der Waals surface area contributed by atoms with Gasteiger partial charge in [-0.3, -0.25) is 0 Å². The van der Waals surface area contributed by atoms with Crippen LogP contribution in [0.4, 0.5) is 0 Å². The van der Waals surface area contributed by atoms with E-state index in [2.05, 4.69) is 133 Å². The minimum absolute atomic E-state index is 1.18. The lowest BCUT2D eigenvalue weighted by atomic mass is 9.93. The van der Waals surface area contributed by atoms with E-state index in [9.17, 15) is 0 Å². The number of aromatic nitrogens is 1. The summed E-state index contributed by atoms with van der Waals surface area (Å²) in [5.74, 6) is 0. The van der Waals surface area contributed by atoms with Crippen LogP contribution in [-0.2, 0) is 0 Å². The molecular weight excluding hydrogens is 386 g/mol. The summed E-state index contributed by atoms with van der Waals surface area (Å²) in [6.07, 6.45) is 0. The first-order chi connectivity index (χ1) is 15.8. The van der Waals surface area contributed by atoms with Crippen molar-refractivity contribution in [1.29, 1.82) is 0 Å². The van der Waals surface area contributed by atoms with E-state index in [4.69, 9.17) is 0 Å². The fourth-order valence-electron chi connectivity index (χ4n) is 4.79. The van der Waals surface area contributed by atoms with Gasteiger partial charge in [0.25, 0.3) is 0 Å².